The quantitative estimate of drug-likeness (QED) is 0.672. The molecule has 2 aromatic carbocycles. The molecule has 1 aromatic heterocycles. The fraction of sp³-hybridized carbons (Fsp3) is 0.0588. The molecule has 0 aliphatic heterocycles. The summed E-state index contributed by atoms with van der Waals surface area (Å²) in [7, 11) is 0. The second-order valence-electron chi connectivity index (χ2n) is 4.76. The van der Waals surface area contributed by atoms with E-state index in [-0.39, 0.29) is 5.78 Å². The second kappa shape index (κ2) is 5.54. The Labute approximate surface area is 127 Å². The van der Waals surface area contributed by atoms with Gasteiger partial charge in [0.1, 0.15) is 0 Å². The highest BCUT2D eigenvalue weighted by molar-refractivity contribution is 6.33. The maximum Gasteiger partial charge on any atom is 0.159 e. The van der Waals surface area contributed by atoms with Gasteiger partial charge in [0.2, 0.25) is 0 Å². The standard InChI is InChI=1S/C17H13ClN2O/c1-12(21)13-7-8-17(18)16(9-13)14-10-19-20(11-14)15-5-3-2-4-6-15/h2-11H,1H3. The van der Waals surface area contributed by atoms with E-state index in [0.29, 0.717) is 10.6 Å². The van der Waals surface area contributed by atoms with Crippen molar-refractivity contribution in [2.45, 2.75) is 6.92 Å². The lowest BCUT2D eigenvalue weighted by atomic mass is 10.0. The van der Waals surface area contributed by atoms with Gasteiger partial charge in [-0.05, 0) is 37.3 Å². The molecule has 4 heteroatoms. The van der Waals surface area contributed by atoms with Crippen LogP contribution in [0, 0.1) is 0 Å². The number of hydrogen-bond acceptors (Lipinski definition) is 2. The number of nitrogens with zero attached hydrogens (tertiary/aromatic N) is 2. The summed E-state index contributed by atoms with van der Waals surface area (Å²) in [4.78, 5) is 11.5. The molecule has 0 atom stereocenters. The van der Waals surface area contributed by atoms with Gasteiger partial charge in [0.25, 0.3) is 0 Å². The number of hydrogen-bond donors (Lipinski definition) is 0. The van der Waals surface area contributed by atoms with Gasteiger partial charge < -0.3 is 0 Å². The minimum absolute atomic E-state index is 0.0170. The van der Waals surface area contributed by atoms with Gasteiger partial charge in [-0.2, -0.15) is 5.10 Å². The molecular weight excluding hydrogens is 284 g/mol. The first-order valence-electron chi connectivity index (χ1n) is 6.56. The van der Waals surface area contributed by atoms with Crippen LogP contribution in [0.25, 0.3) is 16.8 Å². The first-order chi connectivity index (χ1) is 10.1. The lowest BCUT2D eigenvalue weighted by molar-refractivity contribution is 0.101. The van der Waals surface area contributed by atoms with Crippen LogP contribution in [0.5, 0.6) is 0 Å². The molecule has 0 aliphatic rings. The molecule has 0 bridgehead atoms. The van der Waals surface area contributed by atoms with Gasteiger partial charge in [-0.15, -0.1) is 0 Å². The molecule has 0 N–H and O–H groups in total. The van der Waals surface area contributed by atoms with Crippen LogP contribution in [0.15, 0.2) is 60.9 Å². The predicted octanol–water partition coefficient (Wildman–Crippen LogP) is 4.40. The highest BCUT2D eigenvalue weighted by Gasteiger charge is 2.10. The molecule has 3 aromatic rings. The monoisotopic (exact) mass is 296 g/mol. The van der Waals surface area contributed by atoms with Crippen LogP contribution in [0.1, 0.15) is 17.3 Å². The van der Waals surface area contributed by atoms with E-state index in [1.54, 1.807) is 36.0 Å². The number of rotatable bonds is 3. The third-order valence-electron chi connectivity index (χ3n) is 3.29. The minimum Gasteiger partial charge on any atom is -0.295 e. The molecule has 0 spiro atoms. The number of halogens is 1. The molecule has 21 heavy (non-hydrogen) atoms. The van der Waals surface area contributed by atoms with Crippen molar-refractivity contribution in [1.82, 2.24) is 9.78 Å². The van der Waals surface area contributed by atoms with Crippen molar-refractivity contribution in [1.29, 1.82) is 0 Å². The van der Waals surface area contributed by atoms with Crippen LogP contribution in [0.3, 0.4) is 0 Å². The van der Waals surface area contributed by atoms with Crippen LogP contribution >= 0.6 is 11.6 Å². The zero-order valence-electron chi connectivity index (χ0n) is 11.5. The van der Waals surface area contributed by atoms with E-state index >= 15 is 0 Å². The Morgan fingerprint density at radius 3 is 2.62 bits per heavy atom. The van der Waals surface area contributed by atoms with Crippen molar-refractivity contribution in [2.24, 2.45) is 0 Å². The fourth-order valence-electron chi connectivity index (χ4n) is 2.15. The molecule has 0 radical (unpaired) electrons. The SMILES string of the molecule is CC(=O)c1ccc(Cl)c(-c2cnn(-c3ccccc3)c2)c1. The lowest BCUT2D eigenvalue weighted by Crippen LogP contribution is -1.93. The zero-order chi connectivity index (χ0) is 14.8. The van der Waals surface area contributed by atoms with E-state index in [9.17, 15) is 4.79 Å². The smallest absolute Gasteiger partial charge is 0.159 e. The summed E-state index contributed by atoms with van der Waals surface area (Å²) in [6.07, 6.45) is 3.65. The average Bonchev–Trinajstić information content (AvgIpc) is 2.98. The van der Waals surface area contributed by atoms with E-state index in [1.165, 1.54) is 0 Å². The molecule has 3 nitrogen and oxygen atoms in total. The van der Waals surface area contributed by atoms with Gasteiger partial charge in [-0.3, -0.25) is 4.79 Å². The Balaban J connectivity index is 2.04. The predicted molar refractivity (Wildman–Crippen MR) is 84.0 cm³/mol. The molecule has 0 saturated carbocycles. The van der Waals surface area contributed by atoms with Crippen molar-refractivity contribution in [3.8, 4) is 16.8 Å². The van der Waals surface area contributed by atoms with Gasteiger partial charge in [0.15, 0.2) is 5.78 Å². The largest absolute Gasteiger partial charge is 0.295 e. The van der Waals surface area contributed by atoms with Gasteiger partial charge in [-0.1, -0.05) is 29.8 Å². The number of carbonyl (C=O) groups excluding carboxylic acids is 1. The number of Topliss-reactive ketones (excluding diaryl/α,β-unsaturated/α-hetero) is 1. The van der Waals surface area contributed by atoms with Gasteiger partial charge in [0.05, 0.1) is 11.9 Å². The molecule has 1 heterocycles. The third kappa shape index (κ3) is 2.73. The molecule has 0 saturated heterocycles. The van der Waals surface area contributed by atoms with E-state index in [4.69, 9.17) is 11.6 Å². The molecule has 0 aliphatic carbocycles. The van der Waals surface area contributed by atoms with E-state index in [2.05, 4.69) is 5.10 Å². The topological polar surface area (TPSA) is 34.9 Å². The maximum absolute atomic E-state index is 11.5. The van der Waals surface area contributed by atoms with Gasteiger partial charge in [0, 0.05) is 27.9 Å². The maximum atomic E-state index is 11.5. The summed E-state index contributed by atoms with van der Waals surface area (Å²) in [6.45, 7) is 1.54. The van der Waals surface area contributed by atoms with Crippen LogP contribution < -0.4 is 0 Å². The van der Waals surface area contributed by atoms with Crippen LogP contribution in [0.4, 0.5) is 0 Å². The van der Waals surface area contributed by atoms with Crippen LogP contribution in [-0.4, -0.2) is 15.6 Å². The molecule has 0 fully saturated rings. The Morgan fingerprint density at radius 2 is 1.90 bits per heavy atom. The third-order valence-corrected chi connectivity index (χ3v) is 3.62. The average molecular weight is 297 g/mol. The molecule has 3 rings (SSSR count). The highest BCUT2D eigenvalue weighted by Crippen LogP contribution is 2.29. The Kier molecular flexibility index (Phi) is 3.59. The number of aromatic nitrogens is 2. The van der Waals surface area contributed by atoms with Crippen molar-refractivity contribution in [3.63, 3.8) is 0 Å². The number of ketones is 1. The Hall–Kier alpha value is -2.39. The van der Waals surface area contributed by atoms with Gasteiger partial charge >= 0.3 is 0 Å². The highest BCUT2D eigenvalue weighted by atomic mass is 35.5. The lowest BCUT2D eigenvalue weighted by Gasteiger charge is -2.04. The number of carbonyl (C=O) groups is 1. The molecule has 0 amide bonds. The summed E-state index contributed by atoms with van der Waals surface area (Å²) in [5, 5.41) is 4.96. The summed E-state index contributed by atoms with van der Waals surface area (Å²) in [5.41, 5.74) is 3.31. The molecule has 104 valence electrons. The number of para-hydroxylation sites is 1. The Bertz CT molecular complexity index is 794. The van der Waals surface area contributed by atoms with Crippen LogP contribution in [-0.2, 0) is 0 Å². The first-order valence-corrected chi connectivity index (χ1v) is 6.94. The van der Waals surface area contributed by atoms with Crippen molar-refractivity contribution < 1.29 is 4.79 Å². The summed E-state index contributed by atoms with van der Waals surface area (Å²) >= 11 is 6.24. The fourth-order valence-corrected chi connectivity index (χ4v) is 2.38. The molecular formula is C17H13ClN2O. The van der Waals surface area contributed by atoms with E-state index in [1.807, 2.05) is 36.5 Å². The summed E-state index contributed by atoms with van der Waals surface area (Å²) in [6, 6.07) is 15.1. The van der Waals surface area contributed by atoms with Crippen molar-refractivity contribution >= 4 is 17.4 Å². The minimum atomic E-state index is 0.0170. The Morgan fingerprint density at radius 1 is 1.14 bits per heavy atom. The first kappa shape index (κ1) is 13.6. The van der Waals surface area contributed by atoms with E-state index < -0.39 is 0 Å². The zero-order valence-corrected chi connectivity index (χ0v) is 12.2. The van der Waals surface area contributed by atoms with Crippen LogP contribution in [0.2, 0.25) is 5.02 Å². The summed E-state index contributed by atoms with van der Waals surface area (Å²) < 4.78 is 1.78. The number of benzene rings is 2. The van der Waals surface area contributed by atoms with Gasteiger partial charge in [-0.25, -0.2) is 4.68 Å². The van der Waals surface area contributed by atoms with E-state index in [0.717, 1.165) is 16.8 Å². The van der Waals surface area contributed by atoms with Crippen molar-refractivity contribution in [3.05, 3.63) is 71.5 Å². The second-order valence-corrected chi connectivity index (χ2v) is 5.17. The van der Waals surface area contributed by atoms with Crippen molar-refractivity contribution in [2.75, 3.05) is 0 Å². The normalized spacial score (nSPS) is 10.6. The summed E-state index contributed by atoms with van der Waals surface area (Å²) in [5.74, 6) is 0.0170. The molecule has 0 unspecified atom stereocenters.